The van der Waals surface area contributed by atoms with E-state index in [1.165, 1.54) is 13.5 Å². The Hall–Kier alpha value is -0.650. The monoisotopic (exact) mass is 259 g/mol. The summed E-state index contributed by atoms with van der Waals surface area (Å²) in [4.78, 5) is 11.3. The fourth-order valence-electron chi connectivity index (χ4n) is 2.39. The van der Waals surface area contributed by atoms with Gasteiger partial charge in [0.25, 0.3) is 0 Å². The number of ether oxygens (including phenoxy) is 2. The Morgan fingerprint density at radius 3 is 2.50 bits per heavy atom. The lowest BCUT2D eigenvalue weighted by Crippen LogP contribution is -2.44. The molecule has 2 atom stereocenters. The SMILES string of the molecule is COC(=O)C(N)C(C)OCC1(CO)CCCCC1. The van der Waals surface area contributed by atoms with E-state index in [9.17, 15) is 9.90 Å². The first-order chi connectivity index (χ1) is 8.54. The van der Waals surface area contributed by atoms with Gasteiger partial charge in [-0.15, -0.1) is 0 Å². The minimum atomic E-state index is -0.769. The quantitative estimate of drug-likeness (QED) is 0.691. The fraction of sp³-hybridized carbons (Fsp3) is 0.923. The molecule has 0 aromatic carbocycles. The second-order valence-electron chi connectivity index (χ2n) is 5.28. The summed E-state index contributed by atoms with van der Waals surface area (Å²) in [6.45, 7) is 2.35. The summed E-state index contributed by atoms with van der Waals surface area (Å²) in [6, 6.07) is -0.769. The number of aliphatic hydroxyl groups excluding tert-OH is 1. The number of methoxy groups -OCH3 is 1. The molecule has 1 aliphatic rings. The van der Waals surface area contributed by atoms with Crippen molar-refractivity contribution in [2.45, 2.75) is 51.2 Å². The second-order valence-corrected chi connectivity index (χ2v) is 5.28. The van der Waals surface area contributed by atoms with Gasteiger partial charge in [-0.25, -0.2) is 0 Å². The molecule has 1 saturated carbocycles. The molecule has 0 heterocycles. The molecule has 1 fully saturated rings. The molecule has 5 heteroatoms. The molecule has 5 nitrogen and oxygen atoms in total. The molecular weight excluding hydrogens is 234 g/mol. The number of nitrogens with two attached hydrogens (primary N) is 1. The normalized spacial score (nSPS) is 22.2. The largest absolute Gasteiger partial charge is 0.468 e. The number of hydrogen-bond donors (Lipinski definition) is 2. The summed E-state index contributed by atoms with van der Waals surface area (Å²) < 4.78 is 10.3. The van der Waals surface area contributed by atoms with Crippen molar-refractivity contribution in [2.75, 3.05) is 20.3 Å². The van der Waals surface area contributed by atoms with Crippen molar-refractivity contribution in [1.29, 1.82) is 0 Å². The molecule has 0 radical (unpaired) electrons. The van der Waals surface area contributed by atoms with Crippen LogP contribution in [0.5, 0.6) is 0 Å². The maximum absolute atomic E-state index is 11.3. The van der Waals surface area contributed by atoms with Crippen molar-refractivity contribution in [2.24, 2.45) is 11.1 Å². The Kier molecular flexibility index (Phi) is 6.05. The van der Waals surface area contributed by atoms with E-state index in [-0.39, 0.29) is 12.0 Å². The molecule has 0 amide bonds. The predicted octanol–water partition coefficient (Wildman–Crippen LogP) is 0.835. The van der Waals surface area contributed by atoms with Gasteiger partial charge in [-0.3, -0.25) is 4.79 Å². The van der Waals surface area contributed by atoms with Crippen molar-refractivity contribution < 1.29 is 19.4 Å². The molecule has 0 bridgehead atoms. The van der Waals surface area contributed by atoms with Gasteiger partial charge in [-0.2, -0.15) is 0 Å². The van der Waals surface area contributed by atoms with Gasteiger partial charge in [0.1, 0.15) is 6.04 Å². The van der Waals surface area contributed by atoms with Crippen LogP contribution in [0.25, 0.3) is 0 Å². The molecule has 0 spiro atoms. The summed E-state index contributed by atoms with van der Waals surface area (Å²) in [5.74, 6) is -0.468. The van der Waals surface area contributed by atoms with Crippen LogP contribution >= 0.6 is 0 Å². The van der Waals surface area contributed by atoms with Crippen LogP contribution in [0, 0.1) is 5.41 Å². The van der Waals surface area contributed by atoms with E-state index < -0.39 is 18.1 Å². The molecule has 0 aliphatic heterocycles. The summed E-state index contributed by atoms with van der Waals surface area (Å²) in [6.07, 6.45) is 5.03. The van der Waals surface area contributed by atoms with Crippen LogP contribution in [-0.4, -0.2) is 43.5 Å². The Bertz CT molecular complexity index is 264. The van der Waals surface area contributed by atoms with E-state index in [2.05, 4.69) is 4.74 Å². The maximum Gasteiger partial charge on any atom is 0.325 e. The maximum atomic E-state index is 11.3. The summed E-state index contributed by atoms with van der Waals surface area (Å²) in [5.41, 5.74) is 5.56. The lowest BCUT2D eigenvalue weighted by molar-refractivity contribution is -0.147. The number of esters is 1. The second kappa shape index (κ2) is 7.07. The zero-order valence-corrected chi connectivity index (χ0v) is 11.4. The van der Waals surface area contributed by atoms with Gasteiger partial charge in [0.2, 0.25) is 0 Å². The zero-order valence-electron chi connectivity index (χ0n) is 11.4. The topological polar surface area (TPSA) is 81.8 Å². The highest BCUT2D eigenvalue weighted by Crippen LogP contribution is 2.36. The van der Waals surface area contributed by atoms with E-state index >= 15 is 0 Å². The van der Waals surface area contributed by atoms with E-state index in [1.807, 2.05) is 0 Å². The minimum Gasteiger partial charge on any atom is -0.468 e. The third kappa shape index (κ3) is 3.93. The first-order valence-corrected chi connectivity index (χ1v) is 6.60. The molecule has 1 rings (SSSR count). The molecule has 0 saturated heterocycles. The molecule has 2 unspecified atom stereocenters. The van der Waals surface area contributed by atoms with E-state index in [1.54, 1.807) is 6.92 Å². The van der Waals surface area contributed by atoms with Crippen LogP contribution in [0.4, 0.5) is 0 Å². The molecule has 0 aromatic rings. The first-order valence-electron chi connectivity index (χ1n) is 6.60. The highest BCUT2D eigenvalue weighted by atomic mass is 16.5. The number of carbonyl (C=O) groups is 1. The van der Waals surface area contributed by atoms with Crippen LogP contribution in [0.3, 0.4) is 0 Å². The Morgan fingerprint density at radius 2 is 2.00 bits per heavy atom. The summed E-state index contributed by atoms with van der Waals surface area (Å²) in [7, 11) is 1.31. The Morgan fingerprint density at radius 1 is 1.39 bits per heavy atom. The summed E-state index contributed by atoms with van der Waals surface area (Å²) in [5, 5.41) is 9.55. The van der Waals surface area contributed by atoms with Gasteiger partial charge < -0.3 is 20.3 Å². The van der Waals surface area contributed by atoms with Crippen molar-refractivity contribution in [1.82, 2.24) is 0 Å². The predicted molar refractivity (Wildman–Crippen MR) is 68.0 cm³/mol. The fourth-order valence-corrected chi connectivity index (χ4v) is 2.39. The van der Waals surface area contributed by atoms with Crippen molar-refractivity contribution in [3.8, 4) is 0 Å². The zero-order chi connectivity index (χ0) is 13.6. The average Bonchev–Trinajstić information content (AvgIpc) is 2.44. The van der Waals surface area contributed by atoms with E-state index in [0.29, 0.717) is 6.61 Å². The number of rotatable bonds is 6. The number of aliphatic hydroxyl groups is 1. The van der Waals surface area contributed by atoms with Crippen LogP contribution in [-0.2, 0) is 14.3 Å². The molecule has 1 aliphatic carbocycles. The third-order valence-corrected chi connectivity index (χ3v) is 3.88. The average molecular weight is 259 g/mol. The van der Waals surface area contributed by atoms with Gasteiger partial charge in [0, 0.05) is 5.41 Å². The number of hydrogen-bond acceptors (Lipinski definition) is 5. The third-order valence-electron chi connectivity index (χ3n) is 3.88. The molecule has 106 valence electrons. The van der Waals surface area contributed by atoms with Crippen LogP contribution in [0.15, 0.2) is 0 Å². The van der Waals surface area contributed by atoms with Gasteiger partial charge >= 0.3 is 5.97 Å². The lowest BCUT2D eigenvalue weighted by Gasteiger charge is -2.36. The lowest BCUT2D eigenvalue weighted by atomic mass is 9.75. The van der Waals surface area contributed by atoms with E-state index in [0.717, 1.165) is 25.7 Å². The van der Waals surface area contributed by atoms with Gasteiger partial charge in [0.05, 0.1) is 26.4 Å². The van der Waals surface area contributed by atoms with Crippen LogP contribution in [0.2, 0.25) is 0 Å². The Balaban J connectivity index is 2.44. The smallest absolute Gasteiger partial charge is 0.325 e. The van der Waals surface area contributed by atoms with Crippen LogP contribution in [0.1, 0.15) is 39.0 Å². The highest BCUT2D eigenvalue weighted by molar-refractivity contribution is 5.75. The number of carbonyl (C=O) groups excluding carboxylic acids is 1. The minimum absolute atomic E-state index is 0.132. The molecule has 18 heavy (non-hydrogen) atoms. The molecule has 0 aromatic heterocycles. The standard InChI is InChI=1S/C13H25NO4/c1-10(11(14)12(16)17-2)18-9-13(8-15)6-4-3-5-7-13/h10-11,15H,3-9,14H2,1-2H3. The van der Waals surface area contributed by atoms with Crippen LogP contribution < -0.4 is 5.73 Å². The van der Waals surface area contributed by atoms with Gasteiger partial charge in [-0.1, -0.05) is 19.3 Å². The summed E-state index contributed by atoms with van der Waals surface area (Å²) >= 11 is 0. The van der Waals surface area contributed by atoms with Crippen molar-refractivity contribution in [3.05, 3.63) is 0 Å². The van der Waals surface area contributed by atoms with Gasteiger partial charge in [-0.05, 0) is 19.8 Å². The Labute approximate surface area is 109 Å². The molecule has 3 N–H and O–H groups in total. The first kappa shape index (κ1) is 15.4. The van der Waals surface area contributed by atoms with Crippen molar-refractivity contribution in [3.63, 3.8) is 0 Å². The molecular formula is C13H25NO4. The van der Waals surface area contributed by atoms with E-state index in [4.69, 9.17) is 10.5 Å². The highest BCUT2D eigenvalue weighted by Gasteiger charge is 2.33. The van der Waals surface area contributed by atoms with Gasteiger partial charge in [0.15, 0.2) is 0 Å². The van der Waals surface area contributed by atoms with Crippen molar-refractivity contribution >= 4 is 5.97 Å².